The Morgan fingerprint density at radius 3 is 2.50 bits per heavy atom. The van der Waals surface area contributed by atoms with Crippen molar-refractivity contribution in [2.75, 3.05) is 6.61 Å². The van der Waals surface area contributed by atoms with Crippen LogP contribution in [0.1, 0.15) is 17.3 Å². The molecule has 2 heterocycles. The van der Waals surface area contributed by atoms with Crippen molar-refractivity contribution in [3.63, 3.8) is 0 Å². The van der Waals surface area contributed by atoms with Gasteiger partial charge in [-0.25, -0.2) is 9.78 Å². The van der Waals surface area contributed by atoms with Crippen molar-refractivity contribution < 1.29 is 14.6 Å². The number of esters is 1. The molecule has 6 nitrogen and oxygen atoms in total. The SMILES string of the molecule is CCOC(=O)c1cnc2c(-c3ccc(Sc4ccccc4)cc3)cnn2c1O. The normalized spacial score (nSPS) is 10.9. The highest BCUT2D eigenvalue weighted by atomic mass is 32.2. The van der Waals surface area contributed by atoms with Gasteiger partial charge in [0.05, 0.1) is 12.8 Å². The minimum atomic E-state index is -0.631. The number of hydrogen-bond acceptors (Lipinski definition) is 6. The summed E-state index contributed by atoms with van der Waals surface area (Å²) < 4.78 is 6.17. The summed E-state index contributed by atoms with van der Waals surface area (Å²) in [6.07, 6.45) is 2.93. The average molecular weight is 391 g/mol. The van der Waals surface area contributed by atoms with Crippen molar-refractivity contribution in [2.45, 2.75) is 16.7 Å². The predicted octanol–water partition coefficient (Wildman–Crippen LogP) is 4.43. The van der Waals surface area contributed by atoms with Gasteiger partial charge in [-0.3, -0.25) is 0 Å². The first-order valence-electron chi connectivity index (χ1n) is 8.73. The molecular weight excluding hydrogens is 374 g/mol. The summed E-state index contributed by atoms with van der Waals surface area (Å²) in [5, 5.41) is 14.6. The maximum atomic E-state index is 11.9. The third-order valence-electron chi connectivity index (χ3n) is 4.14. The van der Waals surface area contributed by atoms with Crippen molar-refractivity contribution >= 4 is 23.4 Å². The Kier molecular flexibility index (Phi) is 4.99. The minimum absolute atomic E-state index is 0.0152. The molecule has 140 valence electrons. The number of nitrogens with zero attached hydrogens (tertiary/aromatic N) is 3. The number of carbonyl (C=O) groups excluding carboxylic acids is 1. The van der Waals surface area contributed by atoms with Crippen molar-refractivity contribution in [2.24, 2.45) is 0 Å². The van der Waals surface area contributed by atoms with Crippen LogP contribution in [0.5, 0.6) is 5.88 Å². The van der Waals surface area contributed by atoms with Gasteiger partial charge in [-0.15, -0.1) is 0 Å². The van der Waals surface area contributed by atoms with Crippen molar-refractivity contribution in [1.82, 2.24) is 14.6 Å². The molecule has 2 aromatic carbocycles. The van der Waals surface area contributed by atoms with Crippen LogP contribution in [0.4, 0.5) is 0 Å². The molecule has 0 radical (unpaired) electrons. The molecule has 0 aliphatic carbocycles. The summed E-state index contributed by atoms with van der Waals surface area (Å²) in [7, 11) is 0. The van der Waals surface area contributed by atoms with Crippen molar-refractivity contribution in [1.29, 1.82) is 0 Å². The molecule has 0 bridgehead atoms. The van der Waals surface area contributed by atoms with E-state index in [1.807, 2.05) is 42.5 Å². The molecule has 28 heavy (non-hydrogen) atoms. The maximum Gasteiger partial charge on any atom is 0.345 e. The van der Waals surface area contributed by atoms with E-state index in [-0.39, 0.29) is 18.1 Å². The van der Waals surface area contributed by atoms with E-state index in [1.165, 1.54) is 15.6 Å². The topological polar surface area (TPSA) is 76.7 Å². The molecule has 4 rings (SSSR count). The highest BCUT2D eigenvalue weighted by Crippen LogP contribution is 2.31. The highest BCUT2D eigenvalue weighted by Gasteiger charge is 2.19. The summed E-state index contributed by atoms with van der Waals surface area (Å²) in [5.41, 5.74) is 2.14. The summed E-state index contributed by atoms with van der Waals surface area (Å²) in [6, 6.07) is 18.2. The van der Waals surface area contributed by atoms with Crippen LogP contribution in [-0.4, -0.2) is 32.3 Å². The van der Waals surface area contributed by atoms with E-state index in [0.29, 0.717) is 5.65 Å². The minimum Gasteiger partial charge on any atom is -0.493 e. The van der Waals surface area contributed by atoms with Crippen LogP contribution in [0.2, 0.25) is 0 Å². The molecule has 4 aromatic rings. The van der Waals surface area contributed by atoms with Crippen LogP contribution in [0.3, 0.4) is 0 Å². The van der Waals surface area contributed by atoms with Crippen molar-refractivity contribution in [3.8, 4) is 17.0 Å². The standard InChI is InChI=1S/C21H17N3O3S/c1-2-27-21(26)18-12-22-19-17(13-23-24(19)20(18)25)14-8-10-16(11-9-14)28-15-6-4-3-5-7-15/h3-13,25H,2H2,1H3. The lowest BCUT2D eigenvalue weighted by Crippen LogP contribution is -2.08. The van der Waals surface area contributed by atoms with Gasteiger partial charge in [0.25, 0.3) is 0 Å². The predicted molar refractivity (Wildman–Crippen MR) is 107 cm³/mol. The van der Waals surface area contributed by atoms with Gasteiger partial charge in [-0.2, -0.15) is 9.61 Å². The van der Waals surface area contributed by atoms with Gasteiger partial charge in [0.15, 0.2) is 5.65 Å². The zero-order chi connectivity index (χ0) is 19.5. The molecule has 0 saturated heterocycles. The molecule has 0 atom stereocenters. The molecular formula is C21H17N3O3S. The molecule has 0 aliphatic heterocycles. The first kappa shape index (κ1) is 18.1. The van der Waals surface area contributed by atoms with E-state index in [1.54, 1.807) is 24.9 Å². The Morgan fingerprint density at radius 2 is 1.79 bits per heavy atom. The fraction of sp³-hybridized carbons (Fsp3) is 0.0952. The van der Waals surface area contributed by atoms with E-state index in [0.717, 1.165) is 16.0 Å². The van der Waals surface area contributed by atoms with E-state index < -0.39 is 5.97 Å². The molecule has 0 saturated carbocycles. The van der Waals surface area contributed by atoms with Crippen LogP contribution in [0.25, 0.3) is 16.8 Å². The molecule has 2 aromatic heterocycles. The lowest BCUT2D eigenvalue weighted by atomic mass is 10.1. The Labute approximate surface area is 165 Å². The molecule has 0 unspecified atom stereocenters. The number of aromatic hydroxyl groups is 1. The first-order valence-corrected chi connectivity index (χ1v) is 9.55. The fourth-order valence-electron chi connectivity index (χ4n) is 2.80. The summed E-state index contributed by atoms with van der Waals surface area (Å²) in [5.74, 6) is -0.917. The summed E-state index contributed by atoms with van der Waals surface area (Å²) in [6.45, 7) is 1.92. The van der Waals surface area contributed by atoms with Crippen LogP contribution in [0.15, 0.2) is 76.8 Å². The molecule has 0 fully saturated rings. The van der Waals surface area contributed by atoms with Gasteiger partial charge in [0, 0.05) is 21.6 Å². The highest BCUT2D eigenvalue weighted by molar-refractivity contribution is 7.99. The fourth-order valence-corrected chi connectivity index (χ4v) is 3.64. The smallest absolute Gasteiger partial charge is 0.345 e. The van der Waals surface area contributed by atoms with Gasteiger partial charge < -0.3 is 9.84 Å². The monoisotopic (exact) mass is 391 g/mol. The van der Waals surface area contributed by atoms with E-state index in [2.05, 4.69) is 22.2 Å². The van der Waals surface area contributed by atoms with E-state index in [9.17, 15) is 9.90 Å². The van der Waals surface area contributed by atoms with Crippen LogP contribution in [-0.2, 0) is 4.74 Å². The molecule has 0 spiro atoms. The third kappa shape index (κ3) is 3.44. The maximum absolute atomic E-state index is 11.9. The number of benzene rings is 2. The number of aromatic nitrogens is 3. The van der Waals surface area contributed by atoms with Gasteiger partial charge in [0.1, 0.15) is 5.56 Å². The number of ether oxygens (including phenoxy) is 1. The zero-order valence-corrected chi connectivity index (χ0v) is 15.9. The second-order valence-corrected chi connectivity index (χ2v) is 7.10. The number of rotatable bonds is 5. The lowest BCUT2D eigenvalue weighted by Gasteiger charge is -2.06. The quantitative estimate of drug-likeness (QED) is 0.507. The van der Waals surface area contributed by atoms with E-state index in [4.69, 9.17) is 4.74 Å². The zero-order valence-electron chi connectivity index (χ0n) is 15.1. The molecule has 0 aliphatic rings. The average Bonchev–Trinajstić information content (AvgIpc) is 3.15. The van der Waals surface area contributed by atoms with Crippen molar-refractivity contribution in [3.05, 3.63) is 72.6 Å². The van der Waals surface area contributed by atoms with Crippen LogP contribution in [0, 0.1) is 0 Å². The Hall–Kier alpha value is -3.32. The second-order valence-electron chi connectivity index (χ2n) is 5.95. The number of fused-ring (bicyclic) bond motifs is 1. The van der Waals surface area contributed by atoms with Gasteiger partial charge in [-0.05, 0) is 36.8 Å². The number of carbonyl (C=O) groups is 1. The third-order valence-corrected chi connectivity index (χ3v) is 5.16. The summed E-state index contributed by atoms with van der Waals surface area (Å²) in [4.78, 5) is 18.5. The molecule has 7 heteroatoms. The Morgan fingerprint density at radius 1 is 1.07 bits per heavy atom. The van der Waals surface area contributed by atoms with Crippen LogP contribution >= 0.6 is 11.8 Å². The molecule has 1 N–H and O–H groups in total. The Balaban J connectivity index is 1.64. The van der Waals surface area contributed by atoms with E-state index >= 15 is 0 Å². The Bertz CT molecular complexity index is 1130. The van der Waals surface area contributed by atoms with Gasteiger partial charge in [-0.1, -0.05) is 42.1 Å². The largest absolute Gasteiger partial charge is 0.493 e. The van der Waals surface area contributed by atoms with Gasteiger partial charge in [0.2, 0.25) is 5.88 Å². The lowest BCUT2D eigenvalue weighted by molar-refractivity contribution is 0.0521. The number of hydrogen-bond donors (Lipinski definition) is 1. The molecule has 0 amide bonds. The van der Waals surface area contributed by atoms with Crippen LogP contribution < -0.4 is 0 Å². The summed E-state index contributed by atoms with van der Waals surface area (Å²) >= 11 is 1.68. The van der Waals surface area contributed by atoms with Gasteiger partial charge >= 0.3 is 5.97 Å². The second kappa shape index (κ2) is 7.74. The first-order chi connectivity index (χ1) is 13.7.